The van der Waals surface area contributed by atoms with Crippen molar-refractivity contribution >= 4 is 0 Å². The van der Waals surface area contributed by atoms with Gasteiger partial charge in [-0.1, -0.05) is 18.5 Å². The Labute approximate surface area is 126 Å². The molecule has 0 atom stereocenters. The van der Waals surface area contributed by atoms with Gasteiger partial charge in [0.15, 0.2) is 5.82 Å². The molecule has 3 rings (SSSR count). The minimum atomic E-state index is -0.396. The maximum atomic E-state index is 6.54. The monoisotopic (exact) mass is 293 g/mol. The summed E-state index contributed by atoms with van der Waals surface area (Å²) in [5.74, 6) is 2.17. The van der Waals surface area contributed by atoms with E-state index >= 15 is 0 Å². The largest absolute Gasteiger partial charge is 0.378 e. The maximum absolute atomic E-state index is 6.54. The Balaban J connectivity index is 1.67. The lowest BCUT2D eigenvalue weighted by Crippen LogP contribution is -2.42. The number of nitrogens with zero attached hydrogens (tertiary/aromatic N) is 2. The fraction of sp³-hybridized carbons (Fsp3) is 0.875. The smallest absolute Gasteiger partial charge is 0.229 e. The number of nitrogens with two attached hydrogens (primary N) is 1. The van der Waals surface area contributed by atoms with Gasteiger partial charge in [-0.05, 0) is 50.9 Å². The highest BCUT2D eigenvalue weighted by molar-refractivity contribution is 5.07. The van der Waals surface area contributed by atoms with Crippen molar-refractivity contribution in [2.24, 2.45) is 11.7 Å². The lowest BCUT2D eigenvalue weighted by atomic mass is 9.75. The van der Waals surface area contributed by atoms with Crippen molar-refractivity contribution in [3.05, 3.63) is 11.7 Å². The van der Waals surface area contributed by atoms with Crippen molar-refractivity contribution in [3.8, 4) is 0 Å². The van der Waals surface area contributed by atoms with Crippen LogP contribution < -0.4 is 5.73 Å². The van der Waals surface area contributed by atoms with Gasteiger partial charge in [-0.3, -0.25) is 0 Å². The minimum Gasteiger partial charge on any atom is -0.378 e. The SMILES string of the molecule is CCC1CCC(N)(c2noc(CC3(OC)CCC3)n2)CC1. The second kappa shape index (κ2) is 5.69. The molecule has 0 aromatic carbocycles. The van der Waals surface area contributed by atoms with Gasteiger partial charge in [0.05, 0.1) is 17.6 Å². The van der Waals surface area contributed by atoms with Crippen LogP contribution in [0.1, 0.15) is 70.0 Å². The first-order valence-corrected chi connectivity index (χ1v) is 8.26. The number of hydrogen-bond donors (Lipinski definition) is 1. The first-order valence-electron chi connectivity index (χ1n) is 8.26. The summed E-state index contributed by atoms with van der Waals surface area (Å²) in [5, 5.41) is 4.17. The normalized spacial score (nSPS) is 31.9. The van der Waals surface area contributed by atoms with Gasteiger partial charge in [0, 0.05) is 7.11 Å². The number of rotatable bonds is 5. The van der Waals surface area contributed by atoms with E-state index < -0.39 is 5.54 Å². The van der Waals surface area contributed by atoms with E-state index in [4.69, 9.17) is 15.0 Å². The fourth-order valence-corrected chi connectivity index (χ4v) is 3.65. The van der Waals surface area contributed by atoms with Crippen LogP contribution in [-0.2, 0) is 16.7 Å². The van der Waals surface area contributed by atoms with E-state index in [0.717, 1.165) is 31.6 Å². The molecule has 5 heteroatoms. The molecule has 0 aliphatic heterocycles. The molecule has 0 amide bonds. The molecule has 118 valence electrons. The molecule has 0 bridgehead atoms. The molecule has 5 nitrogen and oxygen atoms in total. The van der Waals surface area contributed by atoms with Crippen LogP contribution in [0.3, 0.4) is 0 Å². The highest BCUT2D eigenvalue weighted by atomic mass is 16.5. The predicted octanol–water partition coefficient (Wildman–Crippen LogP) is 2.94. The molecule has 1 heterocycles. The molecule has 1 aromatic rings. The Morgan fingerprint density at radius 3 is 2.52 bits per heavy atom. The summed E-state index contributed by atoms with van der Waals surface area (Å²) in [6, 6.07) is 0. The molecule has 2 saturated carbocycles. The zero-order valence-corrected chi connectivity index (χ0v) is 13.2. The fourth-order valence-electron chi connectivity index (χ4n) is 3.65. The van der Waals surface area contributed by atoms with E-state index in [2.05, 4.69) is 17.1 Å². The zero-order valence-electron chi connectivity index (χ0n) is 13.2. The van der Waals surface area contributed by atoms with Crippen molar-refractivity contribution in [2.45, 2.75) is 75.9 Å². The second-order valence-electron chi connectivity index (χ2n) is 6.94. The molecule has 0 unspecified atom stereocenters. The van der Waals surface area contributed by atoms with Crippen LogP contribution in [0.5, 0.6) is 0 Å². The summed E-state index contributed by atoms with van der Waals surface area (Å²) < 4.78 is 11.1. The van der Waals surface area contributed by atoms with Gasteiger partial charge >= 0.3 is 0 Å². The molecule has 2 aliphatic carbocycles. The van der Waals surface area contributed by atoms with Gasteiger partial charge in [-0.25, -0.2) is 0 Å². The summed E-state index contributed by atoms with van der Waals surface area (Å²) in [5.41, 5.74) is 6.06. The van der Waals surface area contributed by atoms with Gasteiger partial charge in [0.1, 0.15) is 0 Å². The number of aromatic nitrogens is 2. The number of hydrogen-bond acceptors (Lipinski definition) is 5. The van der Waals surface area contributed by atoms with Crippen LogP contribution in [0.25, 0.3) is 0 Å². The number of ether oxygens (including phenoxy) is 1. The van der Waals surface area contributed by atoms with Gasteiger partial charge in [0.25, 0.3) is 0 Å². The molecule has 0 saturated heterocycles. The van der Waals surface area contributed by atoms with Gasteiger partial charge in [-0.2, -0.15) is 4.98 Å². The first kappa shape index (κ1) is 15.0. The second-order valence-corrected chi connectivity index (χ2v) is 6.94. The summed E-state index contributed by atoms with van der Waals surface area (Å²) >= 11 is 0. The minimum absolute atomic E-state index is 0.0779. The molecular formula is C16H27N3O2. The standard InChI is InChI=1S/C16H27N3O2/c1-3-12-5-9-16(17,10-6-12)14-18-13(21-19-14)11-15(20-2)7-4-8-15/h12H,3-11,17H2,1-2H3. The average Bonchev–Trinajstić information content (AvgIpc) is 2.93. The van der Waals surface area contributed by atoms with Gasteiger partial charge in [0.2, 0.25) is 5.89 Å². The van der Waals surface area contributed by atoms with Crippen LogP contribution in [0.2, 0.25) is 0 Å². The molecule has 2 N–H and O–H groups in total. The third kappa shape index (κ3) is 2.86. The molecule has 2 fully saturated rings. The summed E-state index contributed by atoms with van der Waals surface area (Å²) in [7, 11) is 1.77. The summed E-state index contributed by atoms with van der Waals surface area (Å²) in [6.07, 6.45) is 9.57. The highest BCUT2D eigenvalue weighted by Gasteiger charge is 2.41. The van der Waals surface area contributed by atoms with Crippen LogP contribution in [-0.4, -0.2) is 22.9 Å². The number of methoxy groups -OCH3 is 1. The molecule has 0 radical (unpaired) electrons. The Kier molecular flexibility index (Phi) is 4.06. The van der Waals surface area contributed by atoms with Crippen molar-refractivity contribution in [1.29, 1.82) is 0 Å². The lowest BCUT2D eigenvalue weighted by Gasteiger charge is -2.39. The molecule has 2 aliphatic rings. The van der Waals surface area contributed by atoms with E-state index in [1.165, 1.54) is 25.7 Å². The van der Waals surface area contributed by atoms with Crippen LogP contribution in [0.4, 0.5) is 0 Å². The van der Waals surface area contributed by atoms with Gasteiger partial charge in [-0.15, -0.1) is 0 Å². The molecule has 1 aromatic heterocycles. The average molecular weight is 293 g/mol. The maximum Gasteiger partial charge on any atom is 0.229 e. The highest BCUT2D eigenvalue weighted by Crippen LogP contribution is 2.39. The van der Waals surface area contributed by atoms with Crippen molar-refractivity contribution < 1.29 is 9.26 Å². The van der Waals surface area contributed by atoms with E-state index in [1.54, 1.807) is 7.11 Å². The van der Waals surface area contributed by atoms with Crippen molar-refractivity contribution in [1.82, 2.24) is 10.1 Å². The Morgan fingerprint density at radius 2 is 2.00 bits per heavy atom. The molecule has 0 spiro atoms. The zero-order chi connectivity index (χ0) is 14.9. The van der Waals surface area contributed by atoms with E-state index in [0.29, 0.717) is 18.1 Å². The van der Waals surface area contributed by atoms with E-state index in [1.807, 2.05) is 0 Å². The van der Waals surface area contributed by atoms with Gasteiger partial charge < -0.3 is 15.0 Å². The van der Waals surface area contributed by atoms with Crippen molar-refractivity contribution in [3.63, 3.8) is 0 Å². The Morgan fingerprint density at radius 1 is 1.29 bits per heavy atom. The third-order valence-corrected chi connectivity index (χ3v) is 5.66. The molecular weight excluding hydrogens is 266 g/mol. The lowest BCUT2D eigenvalue weighted by molar-refractivity contribution is -0.0751. The van der Waals surface area contributed by atoms with Crippen LogP contribution in [0, 0.1) is 5.92 Å². The van der Waals surface area contributed by atoms with Crippen molar-refractivity contribution in [2.75, 3.05) is 7.11 Å². The summed E-state index contributed by atoms with van der Waals surface area (Å²) in [6.45, 7) is 2.25. The van der Waals surface area contributed by atoms with Crippen LogP contribution in [0.15, 0.2) is 4.52 Å². The van der Waals surface area contributed by atoms with E-state index in [9.17, 15) is 0 Å². The van der Waals surface area contributed by atoms with E-state index in [-0.39, 0.29) is 5.60 Å². The predicted molar refractivity (Wildman–Crippen MR) is 79.7 cm³/mol. The summed E-state index contributed by atoms with van der Waals surface area (Å²) in [4.78, 5) is 4.59. The topological polar surface area (TPSA) is 74.2 Å². The Bertz CT molecular complexity index is 468. The quantitative estimate of drug-likeness (QED) is 0.903. The Hall–Kier alpha value is -0.940. The first-order chi connectivity index (χ1) is 10.1. The third-order valence-electron chi connectivity index (χ3n) is 5.66. The van der Waals surface area contributed by atoms with Crippen LogP contribution >= 0.6 is 0 Å². The molecule has 21 heavy (non-hydrogen) atoms.